The molecule has 84 valence electrons. The molecule has 0 aliphatic rings. The van der Waals surface area contributed by atoms with Crippen LogP contribution in [0.5, 0.6) is 0 Å². The predicted octanol–water partition coefficient (Wildman–Crippen LogP) is 2.96. The van der Waals surface area contributed by atoms with Crippen LogP contribution in [0.1, 0.15) is 11.8 Å². The number of hydrogen-bond donors (Lipinski definition) is 1. The van der Waals surface area contributed by atoms with Gasteiger partial charge in [-0.15, -0.1) is 11.3 Å². The van der Waals surface area contributed by atoms with Crippen molar-refractivity contribution in [2.24, 2.45) is 0 Å². The topological polar surface area (TPSA) is 24.9 Å². The van der Waals surface area contributed by atoms with E-state index in [1.165, 1.54) is 10.4 Å². The van der Waals surface area contributed by atoms with Gasteiger partial charge in [0.15, 0.2) is 0 Å². The van der Waals surface area contributed by atoms with Gasteiger partial charge in [-0.3, -0.25) is 0 Å². The van der Waals surface area contributed by atoms with Crippen molar-refractivity contribution in [3.63, 3.8) is 0 Å². The Bertz CT molecular complexity index is 423. The number of likely N-dealkylation sites (N-methyl/N-ethyl adjacent to an activating group) is 1. The second kappa shape index (κ2) is 5.77. The van der Waals surface area contributed by atoms with Gasteiger partial charge in [-0.2, -0.15) is 0 Å². The summed E-state index contributed by atoms with van der Waals surface area (Å²) in [6.07, 6.45) is 1.06. The minimum atomic E-state index is 1.03. The Morgan fingerprint density at radius 1 is 1.25 bits per heavy atom. The lowest BCUT2D eigenvalue weighted by Crippen LogP contribution is -2.15. The average Bonchev–Trinajstić information content (AvgIpc) is 2.79. The summed E-state index contributed by atoms with van der Waals surface area (Å²) >= 11 is 1.74. The number of nitrogens with zero attached hydrogens (tertiary/aromatic N) is 1. The van der Waals surface area contributed by atoms with Gasteiger partial charge < -0.3 is 5.32 Å². The van der Waals surface area contributed by atoms with Crippen LogP contribution >= 0.6 is 11.3 Å². The molecule has 3 heteroatoms. The SMILES string of the molecule is CCNCCc1scnc1-c1ccccc1. The van der Waals surface area contributed by atoms with Crippen LogP contribution in [0.2, 0.25) is 0 Å². The van der Waals surface area contributed by atoms with E-state index in [4.69, 9.17) is 0 Å². The fourth-order valence-electron chi connectivity index (χ4n) is 1.66. The third-order valence-corrected chi connectivity index (χ3v) is 3.36. The molecule has 1 N–H and O–H groups in total. The number of aromatic nitrogens is 1. The molecule has 1 heterocycles. The second-order valence-corrected chi connectivity index (χ2v) is 4.53. The van der Waals surface area contributed by atoms with Crippen LogP contribution in [-0.2, 0) is 6.42 Å². The van der Waals surface area contributed by atoms with Gasteiger partial charge in [0.2, 0.25) is 0 Å². The maximum absolute atomic E-state index is 4.46. The van der Waals surface area contributed by atoms with Crippen LogP contribution in [0.25, 0.3) is 11.3 Å². The predicted molar refractivity (Wildman–Crippen MR) is 69.8 cm³/mol. The van der Waals surface area contributed by atoms with E-state index in [0.717, 1.165) is 25.2 Å². The summed E-state index contributed by atoms with van der Waals surface area (Å²) in [4.78, 5) is 5.82. The molecule has 0 unspecified atom stereocenters. The van der Waals surface area contributed by atoms with Crippen molar-refractivity contribution in [1.29, 1.82) is 0 Å². The van der Waals surface area contributed by atoms with Gasteiger partial charge in [-0.1, -0.05) is 37.3 Å². The third kappa shape index (κ3) is 2.68. The highest BCUT2D eigenvalue weighted by Gasteiger charge is 2.07. The maximum Gasteiger partial charge on any atom is 0.0843 e. The first-order valence-electron chi connectivity index (χ1n) is 5.60. The molecule has 0 aliphatic heterocycles. The summed E-state index contributed by atoms with van der Waals surface area (Å²) in [5.41, 5.74) is 4.29. The standard InChI is InChI=1S/C13H16N2S/c1-2-14-9-8-12-13(15-10-16-12)11-6-4-3-5-7-11/h3-7,10,14H,2,8-9H2,1H3. The van der Waals surface area contributed by atoms with E-state index < -0.39 is 0 Å². The van der Waals surface area contributed by atoms with Gasteiger partial charge in [-0.25, -0.2) is 4.98 Å². The molecule has 0 spiro atoms. The Balaban J connectivity index is 2.13. The summed E-state index contributed by atoms with van der Waals surface area (Å²) in [7, 11) is 0. The molecule has 0 fully saturated rings. The number of thiazole rings is 1. The van der Waals surface area contributed by atoms with Crippen LogP contribution in [-0.4, -0.2) is 18.1 Å². The van der Waals surface area contributed by atoms with Crippen molar-refractivity contribution in [2.45, 2.75) is 13.3 Å². The van der Waals surface area contributed by atoms with Gasteiger partial charge in [0, 0.05) is 17.0 Å². The highest BCUT2D eigenvalue weighted by Crippen LogP contribution is 2.25. The van der Waals surface area contributed by atoms with Crippen molar-refractivity contribution >= 4 is 11.3 Å². The third-order valence-electron chi connectivity index (χ3n) is 2.47. The number of nitrogens with one attached hydrogen (secondary N) is 1. The van der Waals surface area contributed by atoms with Crippen LogP contribution < -0.4 is 5.32 Å². The molecule has 1 aromatic heterocycles. The van der Waals surface area contributed by atoms with Crippen LogP contribution in [0.4, 0.5) is 0 Å². The van der Waals surface area contributed by atoms with Gasteiger partial charge >= 0.3 is 0 Å². The van der Waals surface area contributed by atoms with E-state index >= 15 is 0 Å². The smallest absolute Gasteiger partial charge is 0.0843 e. The lowest BCUT2D eigenvalue weighted by atomic mass is 10.1. The summed E-state index contributed by atoms with van der Waals surface area (Å²) < 4.78 is 0. The zero-order chi connectivity index (χ0) is 11.2. The first-order chi connectivity index (χ1) is 7.92. The normalized spacial score (nSPS) is 10.6. The zero-order valence-electron chi connectivity index (χ0n) is 9.44. The molecule has 0 bridgehead atoms. The van der Waals surface area contributed by atoms with Crippen molar-refractivity contribution in [1.82, 2.24) is 10.3 Å². The summed E-state index contributed by atoms with van der Waals surface area (Å²) in [6, 6.07) is 10.4. The molecule has 2 aromatic rings. The zero-order valence-corrected chi connectivity index (χ0v) is 10.3. The first-order valence-corrected chi connectivity index (χ1v) is 6.48. The second-order valence-electron chi connectivity index (χ2n) is 3.59. The highest BCUT2D eigenvalue weighted by molar-refractivity contribution is 7.10. The van der Waals surface area contributed by atoms with Crippen LogP contribution in [0.3, 0.4) is 0 Å². The van der Waals surface area contributed by atoms with Crippen molar-refractivity contribution < 1.29 is 0 Å². The Morgan fingerprint density at radius 2 is 2.06 bits per heavy atom. The average molecular weight is 232 g/mol. The van der Waals surface area contributed by atoms with Gasteiger partial charge in [0.05, 0.1) is 11.2 Å². The molecule has 1 aromatic carbocycles. The molecule has 16 heavy (non-hydrogen) atoms. The molecular weight excluding hydrogens is 216 g/mol. The monoisotopic (exact) mass is 232 g/mol. The minimum Gasteiger partial charge on any atom is -0.317 e. The summed E-state index contributed by atoms with van der Waals surface area (Å²) in [5.74, 6) is 0. The van der Waals surface area contributed by atoms with Gasteiger partial charge in [0.25, 0.3) is 0 Å². The lowest BCUT2D eigenvalue weighted by molar-refractivity contribution is 0.721. The number of rotatable bonds is 5. The van der Waals surface area contributed by atoms with E-state index in [9.17, 15) is 0 Å². The van der Waals surface area contributed by atoms with Gasteiger partial charge in [-0.05, 0) is 13.0 Å². The lowest BCUT2D eigenvalue weighted by Gasteiger charge is -2.03. The largest absolute Gasteiger partial charge is 0.317 e. The quantitative estimate of drug-likeness (QED) is 0.802. The molecule has 0 amide bonds. The van der Waals surface area contributed by atoms with Crippen molar-refractivity contribution in [2.75, 3.05) is 13.1 Å². The van der Waals surface area contributed by atoms with E-state index in [0.29, 0.717) is 0 Å². The molecule has 0 aliphatic carbocycles. The minimum absolute atomic E-state index is 1.03. The Kier molecular flexibility index (Phi) is 4.08. The Labute approximate surface area is 100 Å². The van der Waals surface area contributed by atoms with Gasteiger partial charge in [0.1, 0.15) is 0 Å². The molecule has 0 saturated carbocycles. The molecule has 2 nitrogen and oxygen atoms in total. The van der Waals surface area contributed by atoms with E-state index in [-0.39, 0.29) is 0 Å². The highest BCUT2D eigenvalue weighted by atomic mass is 32.1. The van der Waals surface area contributed by atoms with Crippen molar-refractivity contribution in [3.8, 4) is 11.3 Å². The summed E-state index contributed by atoms with van der Waals surface area (Å²) in [6.45, 7) is 4.18. The fourth-order valence-corrected chi connectivity index (χ4v) is 2.45. The van der Waals surface area contributed by atoms with E-state index in [2.05, 4.69) is 41.5 Å². The molecule has 2 rings (SSSR count). The first kappa shape index (κ1) is 11.3. The van der Waals surface area contributed by atoms with Crippen LogP contribution in [0.15, 0.2) is 35.8 Å². The number of benzene rings is 1. The van der Waals surface area contributed by atoms with E-state index in [1.54, 1.807) is 11.3 Å². The van der Waals surface area contributed by atoms with E-state index in [1.807, 2.05) is 11.6 Å². The molecular formula is C13H16N2S. The fraction of sp³-hybridized carbons (Fsp3) is 0.308. The molecule has 0 radical (unpaired) electrons. The maximum atomic E-state index is 4.46. The Morgan fingerprint density at radius 3 is 2.81 bits per heavy atom. The molecule has 0 saturated heterocycles. The molecule has 0 atom stereocenters. The Hall–Kier alpha value is -1.19. The summed E-state index contributed by atoms with van der Waals surface area (Å²) in [5, 5.41) is 3.34. The van der Waals surface area contributed by atoms with Crippen LogP contribution in [0, 0.1) is 0 Å². The number of hydrogen-bond acceptors (Lipinski definition) is 3. The van der Waals surface area contributed by atoms with Crippen molar-refractivity contribution in [3.05, 3.63) is 40.7 Å².